The third-order valence-corrected chi connectivity index (χ3v) is 3.03. The van der Waals surface area contributed by atoms with Gasteiger partial charge in [0.1, 0.15) is 0 Å². The molecule has 1 aromatic rings. The molecule has 1 aromatic heterocycles. The highest BCUT2D eigenvalue weighted by atomic mass is 16.5. The largest absolute Gasteiger partial charge is 0.461 e. The molecule has 0 unspecified atom stereocenters. The molecule has 2 rings (SSSR count). The Balaban J connectivity index is 2.26. The van der Waals surface area contributed by atoms with E-state index in [9.17, 15) is 4.79 Å². The van der Waals surface area contributed by atoms with Gasteiger partial charge in [-0.15, -0.1) is 0 Å². The van der Waals surface area contributed by atoms with Crippen LogP contribution in [-0.2, 0) is 4.79 Å². The first-order valence-electron chi connectivity index (χ1n) is 6.88. The molecule has 0 aromatic carbocycles. The van der Waals surface area contributed by atoms with Crippen molar-refractivity contribution in [1.82, 2.24) is 19.9 Å². The molecule has 0 aliphatic carbocycles. The second-order valence-electron chi connectivity index (χ2n) is 5.14. The maximum Gasteiger partial charge on any atom is 0.323 e. The summed E-state index contributed by atoms with van der Waals surface area (Å²) in [4.78, 5) is 28.0. The molecule has 1 aliphatic rings. The molecule has 0 bridgehead atoms. The van der Waals surface area contributed by atoms with Gasteiger partial charge in [0, 0.05) is 20.1 Å². The zero-order valence-electron chi connectivity index (χ0n) is 12.5. The summed E-state index contributed by atoms with van der Waals surface area (Å²) in [5.74, 6) is 6.00. The fraction of sp³-hybridized carbons (Fsp3) is 0.667. The Morgan fingerprint density at radius 3 is 2.71 bits per heavy atom. The van der Waals surface area contributed by atoms with Crippen LogP contribution in [0.15, 0.2) is 0 Å². The molecule has 0 saturated carbocycles. The molecule has 1 saturated heterocycles. The monoisotopic (exact) mass is 295 g/mol. The van der Waals surface area contributed by atoms with Gasteiger partial charge in [-0.3, -0.25) is 10.2 Å². The minimum absolute atomic E-state index is 0.0292. The molecular weight excluding hydrogens is 274 g/mol. The highest BCUT2D eigenvalue weighted by molar-refractivity contribution is 5.81. The van der Waals surface area contributed by atoms with Crippen molar-refractivity contribution in [2.45, 2.75) is 26.4 Å². The highest BCUT2D eigenvalue weighted by Crippen LogP contribution is 2.17. The first kappa shape index (κ1) is 15.2. The Labute approximate surface area is 123 Å². The number of carbonyl (C=O) groups is 1. The Morgan fingerprint density at radius 1 is 1.29 bits per heavy atom. The van der Waals surface area contributed by atoms with E-state index < -0.39 is 0 Å². The number of aromatic nitrogens is 3. The molecule has 2 heterocycles. The Morgan fingerprint density at radius 2 is 2.05 bits per heavy atom. The number of likely N-dealkylation sites (N-methyl/N-ethyl adjacent to an activating group) is 1. The van der Waals surface area contributed by atoms with Crippen molar-refractivity contribution < 1.29 is 9.53 Å². The molecule has 0 spiro atoms. The number of nitrogens with zero attached hydrogens (tertiary/aromatic N) is 5. The van der Waals surface area contributed by atoms with E-state index in [2.05, 4.69) is 20.4 Å². The van der Waals surface area contributed by atoms with Crippen LogP contribution in [0.5, 0.6) is 6.01 Å². The van der Waals surface area contributed by atoms with Crippen LogP contribution in [0.1, 0.15) is 20.3 Å². The van der Waals surface area contributed by atoms with Crippen LogP contribution in [0, 0.1) is 0 Å². The summed E-state index contributed by atoms with van der Waals surface area (Å²) in [5.41, 5.74) is 2.39. The summed E-state index contributed by atoms with van der Waals surface area (Å²) in [6, 6.07) is 0.188. The zero-order chi connectivity index (χ0) is 15.4. The van der Waals surface area contributed by atoms with E-state index >= 15 is 0 Å². The first-order valence-corrected chi connectivity index (χ1v) is 6.88. The average Bonchev–Trinajstić information content (AvgIpc) is 2.60. The fourth-order valence-corrected chi connectivity index (χ4v) is 1.97. The molecule has 3 N–H and O–H groups in total. The number of nitrogens with one attached hydrogen (secondary N) is 1. The van der Waals surface area contributed by atoms with Crippen LogP contribution in [-0.4, -0.2) is 58.5 Å². The van der Waals surface area contributed by atoms with Gasteiger partial charge in [0.15, 0.2) is 0 Å². The quantitative estimate of drug-likeness (QED) is 0.571. The summed E-state index contributed by atoms with van der Waals surface area (Å²) in [5, 5.41) is 0. The average molecular weight is 295 g/mol. The number of carbonyl (C=O) groups excluding carboxylic acids is 1. The van der Waals surface area contributed by atoms with Crippen molar-refractivity contribution in [3.63, 3.8) is 0 Å². The van der Waals surface area contributed by atoms with Crippen molar-refractivity contribution in [3.8, 4) is 6.01 Å². The normalized spacial score (nSPS) is 16.1. The van der Waals surface area contributed by atoms with Gasteiger partial charge in [-0.1, -0.05) is 0 Å². The predicted molar refractivity (Wildman–Crippen MR) is 77.9 cm³/mol. The minimum Gasteiger partial charge on any atom is -0.461 e. The molecule has 1 amide bonds. The summed E-state index contributed by atoms with van der Waals surface area (Å²) < 4.78 is 5.49. The van der Waals surface area contributed by atoms with Crippen LogP contribution in [0.3, 0.4) is 0 Å². The van der Waals surface area contributed by atoms with Crippen molar-refractivity contribution in [3.05, 3.63) is 0 Å². The molecule has 0 atom stereocenters. The number of rotatable bonds is 4. The van der Waals surface area contributed by atoms with Crippen LogP contribution in [0.4, 0.5) is 11.9 Å². The summed E-state index contributed by atoms with van der Waals surface area (Å²) in [6.45, 7) is 5.39. The molecular formula is C12H21N7O2. The summed E-state index contributed by atoms with van der Waals surface area (Å²) in [6.07, 6.45) is 0.780. The molecule has 0 radical (unpaired) electrons. The standard InChI is InChI=1S/C12H21N7O2/c1-8(2)21-12-15-10(17-13)14-11(16-12)19-6-4-5-18(3)9(20)7-19/h8H,4-7,13H2,1-3H3,(H,14,15,16,17). The lowest BCUT2D eigenvalue weighted by Crippen LogP contribution is -2.35. The van der Waals surface area contributed by atoms with E-state index in [1.165, 1.54) is 0 Å². The van der Waals surface area contributed by atoms with Crippen molar-refractivity contribution in [1.29, 1.82) is 0 Å². The number of nitrogens with two attached hydrogens (primary N) is 1. The smallest absolute Gasteiger partial charge is 0.323 e. The van der Waals surface area contributed by atoms with Gasteiger partial charge in [0.25, 0.3) is 0 Å². The van der Waals surface area contributed by atoms with Gasteiger partial charge < -0.3 is 14.5 Å². The van der Waals surface area contributed by atoms with Crippen LogP contribution >= 0.6 is 0 Å². The Bertz CT molecular complexity index is 508. The second kappa shape index (κ2) is 6.53. The van der Waals surface area contributed by atoms with Crippen molar-refractivity contribution >= 4 is 17.8 Å². The van der Waals surface area contributed by atoms with Crippen LogP contribution < -0.4 is 20.9 Å². The van der Waals surface area contributed by atoms with Gasteiger partial charge in [-0.25, -0.2) is 5.84 Å². The van der Waals surface area contributed by atoms with Crippen molar-refractivity contribution in [2.75, 3.05) is 37.0 Å². The molecule has 116 valence electrons. The number of hydrogen-bond acceptors (Lipinski definition) is 8. The third-order valence-electron chi connectivity index (χ3n) is 3.03. The molecule has 9 heteroatoms. The van der Waals surface area contributed by atoms with E-state index in [1.54, 1.807) is 11.9 Å². The fourth-order valence-electron chi connectivity index (χ4n) is 1.97. The highest BCUT2D eigenvalue weighted by Gasteiger charge is 2.22. The number of anilines is 2. The van der Waals surface area contributed by atoms with Gasteiger partial charge in [0.2, 0.25) is 17.8 Å². The van der Waals surface area contributed by atoms with Gasteiger partial charge in [0.05, 0.1) is 12.6 Å². The van der Waals surface area contributed by atoms with E-state index in [1.807, 2.05) is 18.7 Å². The third kappa shape index (κ3) is 3.91. The van der Waals surface area contributed by atoms with Crippen LogP contribution in [0.25, 0.3) is 0 Å². The van der Waals surface area contributed by atoms with Crippen molar-refractivity contribution in [2.24, 2.45) is 5.84 Å². The first-order chi connectivity index (χ1) is 9.99. The number of nitrogen functional groups attached to an aromatic ring is 1. The molecule has 9 nitrogen and oxygen atoms in total. The second-order valence-corrected chi connectivity index (χ2v) is 5.14. The topological polar surface area (TPSA) is 109 Å². The molecule has 1 aliphatic heterocycles. The Hall–Kier alpha value is -2.16. The molecule has 21 heavy (non-hydrogen) atoms. The van der Waals surface area contributed by atoms with Gasteiger partial charge in [-0.2, -0.15) is 15.0 Å². The van der Waals surface area contributed by atoms with Crippen LogP contribution in [0.2, 0.25) is 0 Å². The number of amides is 1. The summed E-state index contributed by atoms with van der Waals surface area (Å²) in [7, 11) is 1.79. The SMILES string of the molecule is CC(C)Oc1nc(NN)nc(N2CCCN(C)C(=O)C2)n1. The van der Waals surface area contributed by atoms with Gasteiger partial charge >= 0.3 is 6.01 Å². The Kier molecular flexibility index (Phi) is 4.73. The lowest BCUT2D eigenvalue weighted by molar-refractivity contribution is -0.127. The van der Waals surface area contributed by atoms with Gasteiger partial charge in [-0.05, 0) is 20.3 Å². The zero-order valence-corrected chi connectivity index (χ0v) is 12.5. The molecule has 1 fully saturated rings. The lowest BCUT2D eigenvalue weighted by Gasteiger charge is -2.20. The maximum atomic E-state index is 12.0. The number of hydrazine groups is 1. The maximum absolute atomic E-state index is 12.0. The van der Waals surface area contributed by atoms with E-state index in [0.29, 0.717) is 12.5 Å². The van der Waals surface area contributed by atoms with E-state index in [-0.39, 0.29) is 30.5 Å². The predicted octanol–water partition coefficient (Wildman–Crippen LogP) is -0.387. The minimum atomic E-state index is -0.0669. The summed E-state index contributed by atoms with van der Waals surface area (Å²) >= 11 is 0. The van der Waals surface area contributed by atoms with E-state index in [0.717, 1.165) is 13.0 Å². The van der Waals surface area contributed by atoms with E-state index in [4.69, 9.17) is 10.6 Å². The number of ether oxygens (including phenoxy) is 1. The lowest BCUT2D eigenvalue weighted by atomic mass is 10.4. The number of hydrogen-bond donors (Lipinski definition) is 2.